The van der Waals surface area contributed by atoms with Crippen LogP contribution in [0.1, 0.15) is 5.56 Å². The predicted molar refractivity (Wildman–Crippen MR) is 63.9 cm³/mol. The normalized spacial score (nSPS) is 11.4. The number of methoxy groups -OCH3 is 1. The summed E-state index contributed by atoms with van der Waals surface area (Å²) < 4.78 is 5.03. The quantitative estimate of drug-likeness (QED) is 0.291. The van der Waals surface area contributed by atoms with Crippen LogP contribution in [0.5, 0.6) is 0 Å². The van der Waals surface area contributed by atoms with Crippen molar-refractivity contribution in [2.75, 3.05) is 25.6 Å². The van der Waals surface area contributed by atoms with E-state index in [1.54, 1.807) is 7.11 Å². The fraction of sp³-hybridized carbons (Fsp3) is 0.364. The summed E-state index contributed by atoms with van der Waals surface area (Å²) in [6.07, 6.45) is 0.829. The van der Waals surface area contributed by atoms with Gasteiger partial charge in [-0.3, -0.25) is 0 Å². The number of oxime groups is 1. The maximum Gasteiger partial charge on any atom is 0.158 e. The van der Waals surface area contributed by atoms with Crippen molar-refractivity contribution in [1.29, 1.82) is 0 Å². The Morgan fingerprint density at radius 1 is 1.50 bits per heavy atom. The summed E-state index contributed by atoms with van der Waals surface area (Å²) >= 11 is 0. The van der Waals surface area contributed by atoms with Crippen LogP contribution in [0.15, 0.2) is 29.4 Å². The molecule has 0 fully saturated rings. The first-order valence-corrected chi connectivity index (χ1v) is 5.05. The minimum Gasteiger partial charge on any atom is -0.409 e. The first-order chi connectivity index (χ1) is 7.77. The van der Waals surface area contributed by atoms with Crippen molar-refractivity contribution in [1.82, 2.24) is 0 Å². The van der Waals surface area contributed by atoms with Crippen molar-refractivity contribution < 1.29 is 9.94 Å². The monoisotopic (exact) mass is 223 g/mol. The number of para-hydroxylation sites is 1. The minimum absolute atomic E-state index is 0.154. The number of hydrogen-bond acceptors (Lipinski definition) is 4. The Labute approximate surface area is 94.9 Å². The number of nitrogens with two attached hydrogens (primary N) is 1. The molecule has 1 aromatic carbocycles. The number of amidine groups is 1. The molecule has 0 saturated heterocycles. The van der Waals surface area contributed by atoms with Crippen molar-refractivity contribution >= 4 is 11.5 Å². The standard InChI is InChI=1S/C11H17N3O2/c1-16-7-6-9-4-2-3-5-10(9)13-8-11(12)14-15/h2-5,13,15H,6-8H2,1H3,(H2,12,14). The van der Waals surface area contributed by atoms with Gasteiger partial charge in [0, 0.05) is 12.8 Å². The van der Waals surface area contributed by atoms with E-state index in [4.69, 9.17) is 15.7 Å². The van der Waals surface area contributed by atoms with Gasteiger partial charge in [0.15, 0.2) is 5.84 Å². The van der Waals surface area contributed by atoms with Crippen LogP contribution in [0.3, 0.4) is 0 Å². The molecule has 0 heterocycles. The zero-order chi connectivity index (χ0) is 11.8. The highest BCUT2D eigenvalue weighted by molar-refractivity contribution is 5.84. The van der Waals surface area contributed by atoms with Gasteiger partial charge in [-0.1, -0.05) is 23.4 Å². The van der Waals surface area contributed by atoms with Crippen LogP contribution in [0.25, 0.3) is 0 Å². The Hall–Kier alpha value is -1.75. The van der Waals surface area contributed by atoms with Crippen LogP contribution < -0.4 is 11.1 Å². The molecule has 4 N–H and O–H groups in total. The molecule has 0 unspecified atom stereocenters. The molecule has 0 atom stereocenters. The molecule has 0 aromatic heterocycles. The topological polar surface area (TPSA) is 79.9 Å². The third-order valence-electron chi connectivity index (χ3n) is 2.18. The predicted octanol–water partition coefficient (Wildman–Crippen LogP) is 1.03. The largest absolute Gasteiger partial charge is 0.409 e. The molecule has 0 bridgehead atoms. The number of benzene rings is 1. The second-order valence-corrected chi connectivity index (χ2v) is 3.34. The van der Waals surface area contributed by atoms with E-state index < -0.39 is 0 Å². The number of nitrogens with zero attached hydrogens (tertiary/aromatic N) is 1. The van der Waals surface area contributed by atoms with Crippen molar-refractivity contribution in [3.63, 3.8) is 0 Å². The molecule has 1 aromatic rings. The Bertz CT molecular complexity index is 353. The van der Waals surface area contributed by atoms with E-state index in [-0.39, 0.29) is 5.84 Å². The van der Waals surface area contributed by atoms with Gasteiger partial charge in [-0.15, -0.1) is 0 Å². The lowest BCUT2D eigenvalue weighted by atomic mass is 10.1. The summed E-state index contributed by atoms with van der Waals surface area (Å²) in [4.78, 5) is 0. The van der Waals surface area contributed by atoms with Crippen LogP contribution in [0.4, 0.5) is 5.69 Å². The summed E-state index contributed by atoms with van der Waals surface area (Å²) in [6, 6.07) is 7.88. The first kappa shape index (κ1) is 12.3. The Morgan fingerprint density at radius 2 is 2.25 bits per heavy atom. The lowest BCUT2D eigenvalue weighted by Crippen LogP contribution is -2.23. The Morgan fingerprint density at radius 3 is 2.94 bits per heavy atom. The third kappa shape index (κ3) is 3.78. The minimum atomic E-state index is 0.154. The van der Waals surface area contributed by atoms with E-state index in [1.807, 2.05) is 24.3 Å². The number of anilines is 1. The second-order valence-electron chi connectivity index (χ2n) is 3.34. The van der Waals surface area contributed by atoms with Crippen LogP contribution >= 0.6 is 0 Å². The van der Waals surface area contributed by atoms with Gasteiger partial charge in [0.25, 0.3) is 0 Å². The van der Waals surface area contributed by atoms with Crippen LogP contribution in [-0.4, -0.2) is 31.3 Å². The maximum absolute atomic E-state index is 8.43. The highest BCUT2D eigenvalue weighted by Gasteiger charge is 2.01. The highest BCUT2D eigenvalue weighted by Crippen LogP contribution is 2.15. The van der Waals surface area contributed by atoms with Gasteiger partial charge in [-0.05, 0) is 18.1 Å². The van der Waals surface area contributed by atoms with Crippen LogP contribution in [0.2, 0.25) is 0 Å². The fourth-order valence-electron chi connectivity index (χ4n) is 1.34. The Kier molecular flexibility index (Phi) is 5.15. The molecular formula is C11H17N3O2. The number of ether oxygens (including phenoxy) is 1. The van der Waals surface area contributed by atoms with Gasteiger partial charge in [0.1, 0.15) is 0 Å². The molecule has 0 saturated carbocycles. The van der Waals surface area contributed by atoms with Gasteiger partial charge in [-0.25, -0.2) is 0 Å². The van der Waals surface area contributed by atoms with Crippen LogP contribution in [0, 0.1) is 0 Å². The van der Waals surface area contributed by atoms with E-state index in [9.17, 15) is 0 Å². The smallest absolute Gasteiger partial charge is 0.158 e. The number of hydrogen-bond donors (Lipinski definition) is 3. The summed E-state index contributed by atoms with van der Waals surface area (Å²) in [5.74, 6) is 0.154. The fourth-order valence-corrected chi connectivity index (χ4v) is 1.34. The molecule has 0 aliphatic carbocycles. The summed E-state index contributed by atoms with van der Waals surface area (Å²) in [7, 11) is 1.67. The Balaban J connectivity index is 2.63. The van der Waals surface area contributed by atoms with E-state index in [2.05, 4.69) is 10.5 Å². The first-order valence-electron chi connectivity index (χ1n) is 5.05. The van der Waals surface area contributed by atoms with Gasteiger partial charge in [0.05, 0.1) is 13.2 Å². The summed E-state index contributed by atoms with van der Waals surface area (Å²) in [5, 5.41) is 14.4. The summed E-state index contributed by atoms with van der Waals surface area (Å²) in [6.45, 7) is 0.989. The number of nitrogens with one attached hydrogen (secondary N) is 1. The van der Waals surface area contributed by atoms with Gasteiger partial charge >= 0.3 is 0 Å². The molecular weight excluding hydrogens is 206 g/mol. The van der Waals surface area contributed by atoms with Crippen molar-refractivity contribution in [2.45, 2.75) is 6.42 Å². The zero-order valence-electron chi connectivity index (χ0n) is 9.31. The molecule has 88 valence electrons. The van der Waals surface area contributed by atoms with Crippen molar-refractivity contribution in [3.05, 3.63) is 29.8 Å². The highest BCUT2D eigenvalue weighted by atomic mass is 16.5. The summed E-state index contributed by atoms with van der Waals surface area (Å²) in [5.41, 5.74) is 7.51. The second kappa shape index (κ2) is 6.68. The van der Waals surface area contributed by atoms with Crippen molar-refractivity contribution in [2.24, 2.45) is 10.9 Å². The molecule has 0 aliphatic heterocycles. The molecule has 5 nitrogen and oxygen atoms in total. The van der Waals surface area contributed by atoms with Gasteiger partial charge in [-0.2, -0.15) is 0 Å². The average Bonchev–Trinajstić information content (AvgIpc) is 2.34. The average molecular weight is 223 g/mol. The lowest BCUT2D eigenvalue weighted by Gasteiger charge is -2.10. The van der Waals surface area contributed by atoms with Gasteiger partial charge in [0.2, 0.25) is 0 Å². The van der Waals surface area contributed by atoms with Gasteiger partial charge < -0.3 is 21.0 Å². The molecule has 16 heavy (non-hydrogen) atoms. The maximum atomic E-state index is 8.43. The van der Waals surface area contributed by atoms with E-state index >= 15 is 0 Å². The molecule has 0 radical (unpaired) electrons. The van der Waals surface area contributed by atoms with E-state index in [0.717, 1.165) is 17.7 Å². The SMILES string of the molecule is COCCc1ccccc1NC/C(N)=N/O. The molecule has 0 spiro atoms. The third-order valence-corrected chi connectivity index (χ3v) is 2.18. The van der Waals surface area contributed by atoms with Crippen molar-refractivity contribution in [3.8, 4) is 0 Å². The van der Waals surface area contributed by atoms with E-state index in [0.29, 0.717) is 13.2 Å². The lowest BCUT2D eigenvalue weighted by molar-refractivity contribution is 0.202. The molecule has 5 heteroatoms. The molecule has 0 aliphatic rings. The molecule has 0 amide bonds. The number of rotatable bonds is 6. The zero-order valence-corrected chi connectivity index (χ0v) is 9.31. The van der Waals surface area contributed by atoms with Crippen LogP contribution in [-0.2, 0) is 11.2 Å². The molecule has 1 rings (SSSR count). The van der Waals surface area contributed by atoms with E-state index in [1.165, 1.54) is 0 Å².